The molecule has 2 heteroatoms. The van der Waals surface area contributed by atoms with Crippen LogP contribution in [0.15, 0.2) is 59.9 Å². The average Bonchev–Trinajstić information content (AvgIpc) is 2.55. The van der Waals surface area contributed by atoms with Crippen molar-refractivity contribution in [2.24, 2.45) is 0 Å². The second kappa shape index (κ2) is 5.50. The SMILES string of the molecule is CC1=CC=C(OC(=O)c2ccc(C)cc2)C=CC1. The van der Waals surface area contributed by atoms with E-state index in [9.17, 15) is 4.79 Å². The fraction of sp³-hybridized carbons (Fsp3) is 0.188. The molecule has 0 saturated heterocycles. The Hall–Kier alpha value is -2.09. The van der Waals surface area contributed by atoms with Gasteiger partial charge in [0.15, 0.2) is 0 Å². The molecule has 0 unspecified atom stereocenters. The zero-order valence-corrected chi connectivity index (χ0v) is 10.6. The zero-order valence-electron chi connectivity index (χ0n) is 10.6. The van der Waals surface area contributed by atoms with Crippen LogP contribution < -0.4 is 0 Å². The molecule has 0 bridgehead atoms. The molecule has 0 heterocycles. The third kappa shape index (κ3) is 3.20. The van der Waals surface area contributed by atoms with Gasteiger partial charge in [-0.25, -0.2) is 4.79 Å². The van der Waals surface area contributed by atoms with Gasteiger partial charge < -0.3 is 4.74 Å². The maximum atomic E-state index is 11.9. The maximum absolute atomic E-state index is 11.9. The highest BCUT2D eigenvalue weighted by Gasteiger charge is 2.08. The van der Waals surface area contributed by atoms with Crippen LogP contribution in [0.1, 0.15) is 29.3 Å². The summed E-state index contributed by atoms with van der Waals surface area (Å²) in [6.07, 6.45) is 8.51. The summed E-state index contributed by atoms with van der Waals surface area (Å²) in [4.78, 5) is 11.9. The molecule has 0 atom stereocenters. The van der Waals surface area contributed by atoms with Gasteiger partial charge in [-0.1, -0.05) is 35.4 Å². The maximum Gasteiger partial charge on any atom is 0.343 e. The molecule has 0 spiro atoms. The molecule has 0 saturated carbocycles. The molecular formula is C16H16O2. The summed E-state index contributed by atoms with van der Waals surface area (Å²) in [6.45, 7) is 4.03. The number of esters is 1. The highest BCUT2D eigenvalue weighted by atomic mass is 16.5. The molecule has 1 aliphatic carbocycles. The lowest BCUT2D eigenvalue weighted by molar-refractivity contribution is 0.0637. The normalized spacial score (nSPS) is 14.6. The fourth-order valence-corrected chi connectivity index (χ4v) is 1.63. The lowest BCUT2D eigenvalue weighted by atomic mass is 10.1. The number of allylic oxidation sites excluding steroid dienone is 5. The minimum absolute atomic E-state index is 0.321. The molecule has 18 heavy (non-hydrogen) atoms. The minimum Gasteiger partial charge on any atom is -0.423 e. The van der Waals surface area contributed by atoms with Crippen molar-refractivity contribution >= 4 is 5.97 Å². The van der Waals surface area contributed by atoms with Crippen LogP contribution in [0.5, 0.6) is 0 Å². The van der Waals surface area contributed by atoms with Gasteiger partial charge in [0.2, 0.25) is 0 Å². The Kier molecular flexibility index (Phi) is 3.78. The van der Waals surface area contributed by atoms with E-state index in [4.69, 9.17) is 4.74 Å². The topological polar surface area (TPSA) is 26.3 Å². The molecular weight excluding hydrogens is 224 g/mol. The van der Waals surface area contributed by atoms with Crippen LogP contribution in [0.3, 0.4) is 0 Å². The molecule has 1 aromatic carbocycles. The molecule has 1 aliphatic rings. The Labute approximate surface area is 107 Å². The molecule has 0 N–H and O–H groups in total. The van der Waals surface area contributed by atoms with Crippen molar-refractivity contribution < 1.29 is 9.53 Å². The van der Waals surface area contributed by atoms with Crippen LogP contribution in [-0.4, -0.2) is 5.97 Å². The lowest BCUT2D eigenvalue weighted by Crippen LogP contribution is -2.03. The minimum atomic E-state index is -0.321. The van der Waals surface area contributed by atoms with Crippen LogP contribution in [0.2, 0.25) is 0 Å². The van der Waals surface area contributed by atoms with E-state index in [-0.39, 0.29) is 5.97 Å². The number of ether oxygens (including phenoxy) is 1. The number of aryl methyl sites for hydroxylation is 1. The second-order valence-corrected chi connectivity index (χ2v) is 4.44. The second-order valence-electron chi connectivity index (χ2n) is 4.44. The first kappa shape index (κ1) is 12.4. The molecule has 2 rings (SSSR count). The summed E-state index contributed by atoms with van der Waals surface area (Å²) in [5.74, 6) is 0.260. The first-order chi connectivity index (χ1) is 8.65. The molecule has 92 valence electrons. The predicted octanol–water partition coefficient (Wildman–Crippen LogP) is 3.94. The fourth-order valence-electron chi connectivity index (χ4n) is 1.63. The van der Waals surface area contributed by atoms with Gasteiger partial charge in [-0.3, -0.25) is 0 Å². The van der Waals surface area contributed by atoms with E-state index in [1.807, 2.05) is 50.3 Å². The summed E-state index contributed by atoms with van der Waals surface area (Å²) in [5, 5.41) is 0. The summed E-state index contributed by atoms with van der Waals surface area (Å²) < 4.78 is 5.34. The van der Waals surface area contributed by atoms with E-state index in [1.165, 1.54) is 5.57 Å². The van der Waals surface area contributed by atoms with Gasteiger partial charge in [-0.2, -0.15) is 0 Å². The average molecular weight is 240 g/mol. The number of hydrogen-bond acceptors (Lipinski definition) is 2. The summed E-state index contributed by atoms with van der Waals surface area (Å²) >= 11 is 0. The Morgan fingerprint density at radius 3 is 2.56 bits per heavy atom. The van der Waals surface area contributed by atoms with Gasteiger partial charge in [0.05, 0.1) is 5.56 Å². The van der Waals surface area contributed by atoms with Crippen molar-refractivity contribution in [3.05, 3.63) is 71.0 Å². The lowest BCUT2D eigenvalue weighted by Gasteiger charge is -2.04. The van der Waals surface area contributed by atoms with Crippen LogP contribution in [0, 0.1) is 6.92 Å². The van der Waals surface area contributed by atoms with Crippen molar-refractivity contribution in [1.29, 1.82) is 0 Å². The third-order valence-corrected chi connectivity index (χ3v) is 2.75. The van der Waals surface area contributed by atoms with E-state index in [2.05, 4.69) is 0 Å². The van der Waals surface area contributed by atoms with Crippen molar-refractivity contribution in [3.8, 4) is 0 Å². The van der Waals surface area contributed by atoms with Gasteiger partial charge in [-0.15, -0.1) is 0 Å². The first-order valence-corrected chi connectivity index (χ1v) is 5.98. The molecule has 0 fully saturated rings. The zero-order chi connectivity index (χ0) is 13.0. The number of hydrogen-bond donors (Lipinski definition) is 0. The van der Waals surface area contributed by atoms with Crippen molar-refractivity contribution in [1.82, 2.24) is 0 Å². The van der Waals surface area contributed by atoms with Crippen LogP contribution in [-0.2, 0) is 4.74 Å². The molecule has 2 nitrogen and oxygen atoms in total. The quantitative estimate of drug-likeness (QED) is 0.732. The summed E-state index contributed by atoms with van der Waals surface area (Å²) in [6, 6.07) is 7.36. The van der Waals surface area contributed by atoms with Crippen molar-refractivity contribution in [2.45, 2.75) is 20.3 Å². The molecule has 0 aromatic heterocycles. The highest BCUT2D eigenvalue weighted by Crippen LogP contribution is 2.14. The largest absolute Gasteiger partial charge is 0.423 e. The van der Waals surface area contributed by atoms with Gasteiger partial charge in [0.25, 0.3) is 0 Å². The van der Waals surface area contributed by atoms with Gasteiger partial charge >= 0.3 is 5.97 Å². The molecule has 1 aromatic rings. The Balaban J connectivity index is 2.10. The van der Waals surface area contributed by atoms with E-state index in [0.29, 0.717) is 11.3 Å². The van der Waals surface area contributed by atoms with Gasteiger partial charge in [0, 0.05) is 0 Å². The standard InChI is InChI=1S/C16H16O2/c1-12-4-3-5-15(11-8-12)18-16(17)14-9-6-13(2)7-10-14/h3,5-11H,4H2,1-2H3. The van der Waals surface area contributed by atoms with E-state index in [1.54, 1.807) is 12.1 Å². The summed E-state index contributed by atoms with van der Waals surface area (Å²) in [5.41, 5.74) is 2.94. The molecule has 0 radical (unpaired) electrons. The van der Waals surface area contributed by atoms with Crippen LogP contribution in [0.4, 0.5) is 0 Å². The molecule has 0 amide bonds. The smallest absolute Gasteiger partial charge is 0.343 e. The summed E-state index contributed by atoms with van der Waals surface area (Å²) in [7, 11) is 0. The first-order valence-electron chi connectivity index (χ1n) is 5.98. The number of benzene rings is 1. The van der Waals surface area contributed by atoms with E-state index >= 15 is 0 Å². The number of rotatable bonds is 2. The number of carbonyl (C=O) groups is 1. The Morgan fingerprint density at radius 1 is 1.11 bits per heavy atom. The van der Waals surface area contributed by atoms with Crippen LogP contribution >= 0.6 is 0 Å². The van der Waals surface area contributed by atoms with E-state index < -0.39 is 0 Å². The number of carbonyl (C=O) groups excluding carboxylic acids is 1. The van der Waals surface area contributed by atoms with Crippen molar-refractivity contribution in [2.75, 3.05) is 0 Å². The van der Waals surface area contributed by atoms with Gasteiger partial charge in [-0.05, 0) is 44.6 Å². The Morgan fingerprint density at radius 2 is 1.83 bits per heavy atom. The Bertz CT molecular complexity index is 531. The highest BCUT2D eigenvalue weighted by molar-refractivity contribution is 5.90. The van der Waals surface area contributed by atoms with Crippen LogP contribution in [0.25, 0.3) is 0 Å². The third-order valence-electron chi connectivity index (χ3n) is 2.75. The molecule has 0 aliphatic heterocycles. The monoisotopic (exact) mass is 240 g/mol. The predicted molar refractivity (Wildman–Crippen MR) is 72.2 cm³/mol. The van der Waals surface area contributed by atoms with Crippen molar-refractivity contribution in [3.63, 3.8) is 0 Å². The van der Waals surface area contributed by atoms with Gasteiger partial charge in [0.1, 0.15) is 5.76 Å². The van der Waals surface area contributed by atoms with E-state index in [0.717, 1.165) is 12.0 Å².